The van der Waals surface area contributed by atoms with Crippen molar-refractivity contribution >= 4 is 29.0 Å². The molecule has 0 aliphatic carbocycles. The third-order valence-electron chi connectivity index (χ3n) is 4.38. The smallest absolute Gasteiger partial charge is 0.322 e. The molecule has 3 aromatic carbocycles. The largest absolute Gasteiger partial charge is 0.323 e. The van der Waals surface area contributed by atoms with Gasteiger partial charge in [0.1, 0.15) is 0 Å². The summed E-state index contributed by atoms with van der Waals surface area (Å²) in [5, 5.41) is 8.51. The Hall–Kier alpha value is -3.60. The van der Waals surface area contributed by atoms with E-state index in [2.05, 4.69) is 16.0 Å². The van der Waals surface area contributed by atoms with Crippen molar-refractivity contribution in [2.75, 3.05) is 16.0 Å². The second-order valence-corrected chi connectivity index (χ2v) is 7.33. The molecule has 0 radical (unpaired) electrons. The predicted octanol–water partition coefficient (Wildman–Crippen LogP) is 5.82. The van der Waals surface area contributed by atoms with Crippen molar-refractivity contribution in [1.29, 1.82) is 0 Å². The van der Waals surface area contributed by atoms with E-state index in [4.69, 9.17) is 0 Å². The minimum atomic E-state index is -0.401. The van der Waals surface area contributed by atoms with Crippen LogP contribution in [0.15, 0.2) is 60.7 Å². The quantitative estimate of drug-likeness (QED) is 0.528. The second-order valence-electron chi connectivity index (χ2n) is 7.33. The predicted molar refractivity (Wildman–Crippen MR) is 119 cm³/mol. The summed E-state index contributed by atoms with van der Waals surface area (Å²) < 4.78 is 0. The van der Waals surface area contributed by atoms with Gasteiger partial charge in [0.05, 0.1) is 11.3 Å². The van der Waals surface area contributed by atoms with E-state index in [0.717, 1.165) is 27.9 Å². The summed E-state index contributed by atoms with van der Waals surface area (Å²) in [5.74, 6) is -0.280. The van der Waals surface area contributed by atoms with Crippen molar-refractivity contribution in [3.05, 3.63) is 88.5 Å². The summed E-state index contributed by atoms with van der Waals surface area (Å²) >= 11 is 0. The summed E-state index contributed by atoms with van der Waals surface area (Å²) in [7, 11) is 0. The van der Waals surface area contributed by atoms with Crippen LogP contribution in [-0.4, -0.2) is 11.9 Å². The van der Waals surface area contributed by atoms with Gasteiger partial charge in [0.25, 0.3) is 5.91 Å². The zero-order valence-corrected chi connectivity index (χ0v) is 17.1. The van der Waals surface area contributed by atoms with Crippen LogP contribution in [0, 0.1) is 27.7 Å². The van der Waals surface area contributed by atoms with Crippen LogP contribution in [0.1, 0.15) is 32.6 Å². The standard InChI is InChI=1S/C24H25N3O2/c1-15-9-16(2)12-19(11-15)25-23(28)21-7-5-6-8-22(21)27-24(29)26-20-13-17(3)10-18(4)14-20/h5-14H,1-4H3,(H,25,28)(H2,26,27,29). The number of benzene rings is 3. The zero-order chi connectivity index (χ0) is 21.0. The highest BCUT2D eigenvalue weighted by atomic mass is 16.2. The van der Waals surface area contributed by atoms with Gasteiger partial charge in [-0.15, -0.1) is 0 Å². The molecule has 0 unspecified atom stereocenters. The van der Waals surface area contributed by atoms with E-state index in [1.54, 1.807) is 24.3 Å². The number of hydrogen-bond acceptors (Lipinski definition) is 2. The molecule has 148 valence electrons. The van der Waals surface area contributed by atoms with E-state index in [1.807, 2.05) is 64.1 Å². The van der Waals surface area contributed by atoms with Gasteiger partial charge in [-0.1, -0.05) is 24.3 Å². The van der Waals surface area contributed by atoms with E-state index in [1.165, 1.54) is 0 Å². The highest BCUT2D eigenvalue weighted by molar-refractivity contribution is 6.11. The number of nitrogens with one attached hydrogen (secondary N) is 3. The highest BCUT2D eigenvalue weighted by Gasteiger charge is 2.14. The van der Waals surface area contributed by atoms with Gasteiger partial charge in [0, 0.05) is 11.4 Å². The number of rotatable bonds is 4. The Morgan fingerprint density at radius 2 is 1.10 bits per heavy atom. The molecular formula is C24H25N3O2. The Kier molecular flexibility index (Phi) is 5.98. The topological polar surface area (TPSA) is 70.2 Å². The van der Waals surface area contributed by atoms with Crippen LogP contribution < -0.4 is 16.0 Å². The number of carbonyl (C=O) groups is 2. The van der Waals surface area contributed by atoms with Crippen molar-refractivity contribution in [3.63, 3.8) is 0 Å². The third-order valence-corrected chi connectivity index (χ3v) is 4.38. The van der Waals surface area contributed by atoms with Crippen molar-refractivity contribution in [3.8, 4) is 0 Å². The molecular weight excluding hydrogens is 362 g/mol. The van der Waals surface area contributed by atoms with Gasteiger partial charge >= 0.3 is 6.03 Å². The third kappa shape index (κ3) is 5.45. The highest BCUT2D eigenvalue weighted by Crippen LogP contribution is 2.20. The number of para-hydroxylation sites is 1. The maximum absolute atomic E-state index is 12.8. The summed E-state index contributed by atoms with van der Waals surface area (Å²) in [6.45, 7) is 7.91. The summed E-state index contributed by atoms with van der Waals surface area (Å²) in [6, 6.07) is 18.2. The van der Waals surface area contributed by atoms with Crippen LogP contribution in [0.25, 0.3) is 0 Å². The summed E-state index contributed by atoms with van der Waals surface area (Å²) in [5.41, 5.74) is 6.53. The Morgan fingerprint density at radius 1 is 0.621 bits per heavy atom. The van der Waals surface area contributed by atoms with Crippen molar-refractivity contribution in [2.45, 2.75) is 27.7 Å². The molecule has 0 fully saturated rings. The lowest BCUT2D eigenvalue weighted by molar-refractivity contribution is 0.102. The molecule has 3 amide bonds. The normalized spacial score (nSPS) is 10.3. The lowest BCUT2D eigenvalue weighted by atomic mass is 10.1. The monoisotopic (exact) mass is 387 g/mol. The number of aryl methyl sites for hydroxylation is 4. The van der Waals surface area contributed by atoms with Gasteiger partial charge in [-0.25, -0.2) is 4.79 Å². The molecule has 29 heavy (non-hydrogen) atoms. The lowest BCUT2D eigenvalue weighted by Gasteiger charge is -2.13. The number of carbonyl (C=O) groups excluding carboxylic acids is 2. The van der Waals surface area contributed by atoms with Gasteiger partial charge in [-0.05, 0) is 86.3 Å². The molecule has 0 heterocycles. The van der Waals surface area contributed by atoms with Crippen molar-refractivity contribution in [2.24, 2.45) is 0 Å². The molecule has 3 rings (SSSR count). The van der Waals surface area contributed by atoms with Crippen molar-refractivity contribution < 1.29 is 9.59 Å². The molecule has 0 aliphatic rings. The Morgan fingerprint density at radius 3 is 1.66 bits per heavy atom. The van der Waals surface area contributed by atoms with E-state index in [9.17, 15) is 9.59 Å². The number of hydrogen-bond donors (Lipinski definition) is 3. The number of anilines is 3. The SMILES string of the molecule is Cc1cc(C)cc(NC(=O)Nc2ccccc2C(=O)Nc2cc(C)cc(C)c2)c1. The van der Waals surface area contributed by atoms with Crippen LogP contribution in [0.3, 0.4) is 0 Å². The molecule has 0 aromatic heterocycles. The van der Waals surface area contributed by atoms with Crippen LogP contribution >= 0.6 is 0 Å². The molecule has 3 N–H and O–H groups in total. The molecule has 5 nitrogen and oxygen atoms in total. The number of amides is 3. The van der Waals surface area contributed by atoms with E-state index in [0.29, 0.717) is 16.9 Å². The molecule has 3 aromatic rings. The number of urea groups is 1. The fraction of sp³-hybridized carbons (Fsp3) is 0.167. The molecule has 0 aliphatic heterocycles. The molecule has 0 bridgehead atoms. The Labute approximate surface area is 171 Å². The zero-order valence-electron chi connectivity index (χ0n) is 17.1. The minimum Gasteiger partial charge on any atom is -0.322 e. The maximum atomic E-state index is 12.8. The lowest BCUT2D eigenvalue weighted by Crippen LogP contribution is -2.22. The van der Waals surface area contributed by atoms with Gasteiger partial charge in [0.2, 0.25) is 0 Å². The first-order valence-electron chi connectivity index (χ1n) is 9.45. The maximum Gasteiger partial charge on any atom is 0.323 e. The molecule has 0 atom stereocenters. The van der Waals surface area contributed by atoms with Gasteiger partial charge in [-0.2, -0.15) is 0 Å². The summed E-state index contributed by atoms with van der Waals surface area (Å²) in [6.07, 6.45) is 0. The first-order valence-corrected chi connectivity index (χ1v) is 9.45. The van der Waals surface area contributed by atoms with Crippen LogP contribution in [-0.2, 0) is 0 Å². The Balaban J connectivity index is 1.75. The van der Waals surface area contributed by atoms with Gasteiger partial charge < -0.3 is 16.0 Å². The molecule has 5 heteroatoms. The summed E-state index contributed by atoms with van der Waals surface area (Å²) in [4.78, 5) is 25.3. The van der Waals surface area contributed by atoms with E-state index >= 15 is 0 Å². The molecule has 0 saturated carbocycles. The van der Waals surface area contributed by atoms with Crippen LogP contribution in [0.4, 0.5) is 21.9 Å². The first-order chi connectivity index (χ1) is 13.8. The van der Waals surface area contributed by atoms with Gasteiger partial charge in [0.15, 0.2) is 0 Å². The second kappa shape index (κ2) is 8.61. The van der Waals surface area contributed by atoms with E-state index < -0.39 is 6.03 Å². The first kappa shape index (κ1) is 20.1. The van der Waals surface area contributed by atoms with Crippen LogP contribution in [0.2, 0.25) is 0 Å². The average molecular weight is 387 g/mol. The average Bonchev–Trinajstić information content (AvgIpc) is 2.60. The van der Waals surface area contributed by atoms with Crippen molar-refractivity contribution in [1.82, 2.24) is 0 Å². The minimum absolute atomic E-state index is 0.280. The molecule has 0 saturated heterocycles. The van der Waals surface area contributed by atoms with Gasteiger partial charge in [-0.3, -0.25) is 4.79 Å². The fourth-order valence-corrected chi connectivity index (χ4v) is 3.37. The van der Waals surface area contributed by atoms with E-state index in [-0.39, 0.29) is 5.91 Å². The molecule has 0 spiro atoms. The van der Waals surface area contributed by atoms with Crippen LogP contribution in [0.5, 0.6) is 0 Å². The fourth-order valence-electron chi connectivity index (χ4n) is 3.37. The Bertz CT molecular complexity index is 1030.